The molecule has 0 unspecified atom stereocenters. The second kappa shape index (κ2) is 5.29. The molecule has 2 N–H and O–H groups in total. The summed E-state index contributed by atoms with van der Waals surface area (Å²) in [5, 5.41) is 3.04. The molecule has 4 heteroatoms. The number of amides is 1. The minimum Gasteiger partial charge on any atom is -0.357 e. The van der Waals surface area contributed by atoms with Gasteiger partial charge in [-0.15, -0.1) is 11.3 Å². The van der Waals surface area contributed by atoms with Crippen molar-refractivity contribution in [1.29, 1.82) is 0 Å². The highest BCUT2D eigenvalue weighted by Gasteiger charge is 2.20. The molecule has 0 aliphatic carbocycles. The van der Waals surface area contributed by atoms with Crippen LogP contribution in [0.15, 0.2) is 18.2 Å². The number of fused-ring (bicyclic) bond motifs is 1. The molecule has 0 bridgehead atoms. The summed E-state index contributed by atoms with van der Waals surface area (Å²) in [5.41, 5.74) is 7.22. The molecule has 0 saturated carbocycles. The van der Waals surface area contributed by atoms with Crippen molar-refractivity contribution in [1.82, 2.24) is 4.98 Å². The van der Waals surface area contributed by atoms with E-state index in [-0.39, 0.29) is 5.91 Å². The van der Waals surface area contributed by atoms with Gasteiger partial charge in [0.2, 0.25) is 0 Å². The highest BCUT2D eigenvalue weighted by atomic mass is 32.1. The second-order valence-corrected chi connectivity index (χ2v) is 7.17. The van der Waals surface area contributed by atoms with Crippen molar-refractivity contribution in [2.24, 2.45) is 0 Å². The zero-order valence-electron chi connectivity index (χ0n) is 13.5. The van der Waals surface area contributed by atoms with Gasteiger partial charge >= 0.3 is 0 Å². The van der Waals surface area contributed by atoms with Crippen LogP contribution in [0, 0.1) is 34.6 Å². The molecule has 2 heterocycles. The van der Waals surface area contributed by atoms with Gasteiger partial charge in [-0.2, -0.15) is 0 Å². The van der Waals surface area contributed by atoms with Crippen LogP contribution in [0.25, 0.3) is 10.2 Å². The van der Waals surface area contributed by atoms with Crippen LogP contribution in [0.5, 0.6) is 0 Å². The highest BCUT2D eigenvalue weighted by Crippen LogP contribution is 2.34. The van der Waals surface area contributed by atoms with Crippen molar-refractivity contribution >= 4 is 33.1 Å². The molecule has 0 spiro atoms. The zero-order valence-corrected chi connectivity index (χ0v) is 14.4. The summed E-state index contributed by atoms with van der Waals surface area (Å²) in [5.74, 6) is -0.0463. The average Bonchev–Trinajstić information content (AvgIpc) is 2.85. The van der Waals surface area contributed by atoms with Crippen LogP contribution in [0.4, 0.5) is 5.69 Å². The maximum Gasteiger partial charge on any atom is 0.258 e. The van der Waals surface area contributed by atoms with Crippen LogP contribution in [0.3, 0.4) is 0 Å². The Morgan fingerprint density at radius 2 is 1.68 bits per heavy atom. The van der Waals surface area contributed by atoms with Gasteiger partial charge in [-0.05, 0) is 63.4 Å². The molecular formula is C18H20N2OS. The van der Waals surface area contributed by atoms with Crippen LogP contribution < -0.4 is 5.32 Å². The average molecular weight is 312 g/mol. The van der Waals surface area contributed by atoms with E-state index in [0.29, 0.717) is 0 Å². The molecule has 22 heavy (non-hydrogen) atoms. The van der Waals surface area contributed by atoms with Crippen LogP contribution in [0.1, 0.15) is 37.6 Å². The number of aryl methyl sites for hydroxylation is 5. The number of anilines is 1. The van der Waals surface area contributed by atoms with Gasteiger partial charge in [-0.25, -0.2) is 0 Å². The number of carbonyl (C=O) groups excluding carboxylic acids is 1. The molecule has 0 fully saturated rings. The monoisotopic (exact) mass is 312 g/mol. The number of hydrogen-bond acceptors (Lipinski definition) is 2. The predicted octanol–water partition coefficient (Wildman–Crippen LogP) is 5.02. The molecule has 3 rings (SSSR count). The van der Waals surface area contributed by atoms with E-state index in [4.69, 9.17) is 0 Å². The fourth-order valence-corrected chi connectivity index (χ4v) is 4.06. The molecule has 3 nitrogen and oxygen atoms in total. The number of rotatable bonds is 2. The van der Waals surface area contributed by atoms with Crippen LogP contribution in [-0.4, -0.2) is 10.9 Å². The van der Waals surface area contributed by atoms with Crippen molar-refractivity contribution in [2.75, 3.05) is 5.32 Å². The van der Waals surface area contributed by atoms with E-state index >= 15 is 0 Å². The summed E-state index contributed by atoms with van der Waals surface area (Å²) < 4.78 is 1.18. The third kappa shape index (κ3) is 2.44. The fraction of sp³-hybridized carbons (Fsp3) is 0.278. The molecule has 1 aromatic carbocycles. The Labute approximate surface area is 134 Å². The summed E-state index contributed by atoms with van der Waals surface area (Å²) in [6.07, 6.45) is 0. The van der Waals surface area contributed by atoms with E-state index < -0.39 is 0 Å². The molecule has 114 valence electrons. The van der Waals surface area contributed by atoms with Gasteiger partial charge in [0.15, 0.2) is 0 Å². The highest BCUT2D eigenvalue weighted by molar-refractivity contribution is 7.19. The van der Waals surface area contributed by atoms with Gasteiger partial charge < -0.3 is 10.3 Å². The smallest absolute Gasteiger partial charge is 0.258 e. The van der Waals surface area contributed by atoms with Gasteiger partial charge in [0, 0.05) is 16.3 Å². The summed E-state index contributed by atoms with van der Waals surface area (Å²) in [4.78, 5) is 17.1. The molecule has 0 saturated heterocycles. The summed E-state index contributed by atoms with van der Waals surface area (Å²) >= 11 is 1.68. The molecular weight excluding hydrogens is 292 g/mol. The first-order valence-electron chi connectivity index (χ1n) is 7.34. The molecule has 1 amide bonds. The number of benzene rings is 1. The fourth-order valence-electron chi connectivity index (χ4n) is 2.89. The number of carbonyl (C=O) groups is 1. The first-order chi connectivity index (χ1) is 10.4. The maximum atomic E-state index is 12.7. The van der Waals surface area contributed by atoms with Crippen molar-refractivity contribution < 1.29 is 4.79 Å². The first-order valence-corrected chi connectivity index (χ1v) is 8.16. The van der Waals surface area contributed by atoms with E-state index in [1.807, 2.05) is 39.8 Å². The van der Waals surface area contributed by atoms with Crippen molar-refractivity contribution in [3.8, 4) is 0 Å². The molecule has 0 aliphatic rings. The number of nitrogens with one attached hydrogen (secondary N) is 2. The lowest BCUT2D eigenvalue weighted by Gasteiger charge is -2.07. The van der Waals surface area contributed by atoms with Crippen molar-refractivity contribution in [3.63, 3.8) is 0 Å². The minimum absolute atomic E-state index is 0.0463. The third-order valence-corrected chi connectivity index (χ3v) is 5.23. The quantitative estimate of drug-likeness (QED) is 0.685. The molecule has 2 aromatic heterocycles. The summed E-state index contributed by atoms with van der Waals surface area (Å²) in [6, 6.07) is 6.09. The Morgan fingerprint density at radius 3 is 2.32 bits per heavy atom. The van der Waals surface area contributed by atoms with Crippen LogP contribution in [0.2, 0.25) is 0 Å². The molecule has 0 radical (unpaired) electrons. The van der Waals surface area contributed by atoms with Gasteiger partial charge in [-0.3, -0.25) is 4.79 Å². The largest absolute Gasteiger partial charge is 0.357 e. The summed E-state index contributed by atoms with van der Waals surface area (Å²) in [7, 11) is 0. The maximum absolute atomic E-state index is 12.7. The summed E-state index contributed by atoms with van der Waals surface area (Å²) in [6.45, 7) is 10.2. The van der Waals surface area contributed by atoms with Crippen molar-refractivity contribution in [3.05, 3.63) is 51.0 Å². The van der Waals surface area contributed by atoms with E-state index in [2.05, 4.69) is 23.3 Å². The van der Waals surface area contributed by atoms with E-state index in [0.717, 1.165) is 38.5 Å². The molecule has 3 aromatic rings. The Balaban J connectivity index is 2.02. The van der Waals surface area contributed by atoms with Crippen LogP contribution in [-0.2, 0) is 0 Å². The number of aromatic amines is 1. The Kier molecular flexibility index (Phi) is 3.57. The van der Waals surface area contributed by atoms with Gasteiger partial charge in [-0.1, -0.05) is 6.07 Å². The number of thiophene rings is 1. The van der Waals surface area contributed by atoms with Crippen molar-refractivity contribution in [2.45, 2.75) is 34.6 Å². The zero-order chi connectivity index (χ0) is 16.0. The lowest BCUT2D eigenvalue weighted by atomic mass is 10.1. The minimum atomic E-state index is -0.0463. The Hall–Kier alpha value is -2.07. The molecule has 0 aliphatic heterocycles. The van der Waals surface area contributed by atoms with Gasteiger partial charge in [0.05, 0.1) is 15.8 Å². The lowest BCUT2D eigenvalue weighted by molar-refractivity contribution is 0.102. The predicted molar refractivity (Wildman–Crippen MR) is 94.3 cm³/mol. The Bertz CT molecular complexity index is 866. The standard InChI is InChI=1S/C18H20N2OS/c1-9-6-10(2)8-14(7-9)20-18(21)15-13(5)22-17-11(3)12(4)19-16(15)17/h6-8,19H,1-5H3,(H,20,21). The van der Waals surface area contributed by atoms with E-state index in [1.54, 1.807) is 11.3 Å². The Morgan fingerprint density at radius 1 is 1.05 bits per heavy atom. The first kappa shape index (κ1) is 14.9. The number of hydrogen-bond donors (Lipinski definition) is 2. The second-order valence-electron chi connectivity index (χ2n) is 5.94. The van der Waals surface area contributed by atoms with E-state index in [9.17, 15) is 4.79 Å². The number of H-pyrrole nitrogens is 1. The SMILES string of the molecule is Cc1cc(C)cc(NC(=O)c2c(C)sc3c(C)c(C)[nH]c23)c1. The number of aromatic nitrogens is 1. The topological polar surface area (TPSA) is 44.9 Å². The normalized spacial score (nSPS) is 11.1. The molecule has 0 atom stereocenters. The van der Waals surface area contributed by atoms with E-state index in [1.165, 1.54) is 10.3 Å². The van der Waals surface area contributed by atoms with Gasteiger partial charge in [0.25, 0.3) is 5.91 Å². The van der Waals surface area contributed by atoms with Crippen LogP contribution >= 0.6 is 11.3 Å². The lowest BCUT2D eigenvalue weighted by Crippen LogP contribution is -2.12. The third-order valence-electron chi connectivity index (χ3n) is 4.01. The van der Waals surface area contributed by atoms with Gasteiger partial charge in [0.1, 0.15) is 0 Å².